The third-order valence-corrected chi connectivity index (χ3v) is 4.17. The zero-order valence-electron chi connectivity index (χ0n) is 13.5. The summed E-state index contributed by atoms with van der Waals surface area (Å²) in [6.45, 7) is 2.04. The smallest absolute Gasteiger partial charge is 0.338 e. The molecule has 3 rings (SSSR count). The molecule has 2 aromatic rings. The highest BCUT2D eigenvalue weighted by Crippen LogP contribution is 2.32. The number of rotatable bonds is 5. The molecule has 0 radical (unpaired) electrons. The van der Waals surface area contributed by atoms with Crippen LogP contribution in [0.15, 0.2) is 46.9 Å². The van der Waals surface area contributed by atoms with Crippen molar-refractivity contribution in [2.24, 2.45) is 0 Å². The lowest BCUT2D eigenvalue weighted by molar-refractivity contribution is -0.129. The summed E-state index contributed by atoms with van der Waals surface area (Å²) in [5, 5.41) is 2.74. The molecule has 0 saturated carbocycles. The summed E-state index contributed by atoms with van der Waals surface area (Å²) < 4.78 is 16.6. The molecule has 1 aliphatic rings. The summed E-state index contributed by atoms with van der Waals surface area (Å²) in [5.41, 5.74) is 1.25. The largest absolute Gasteiger partial charge is 0.454 e. The van der Waals surface area contributed by atoms with E-state index in [1.54, 1.807) is 36.4 Å². The molecule has 0 spiro atoms. The lowest BCUT2D eigenvalue weighted by Crippen LogP contribution is -2.35. The average Bonchev–Trinajstić information content (AvgIpc) is 3.07. The Morgan fingerprint density at radius 1 is 1.16 bits per heavy atom. The Hall–Kier alpha value is -2.54. The van der Waals surface area contributed by atoms with E-state index in [4.69, 9.17) is 14.2 Å². The van der Waals surface area contributed by atoms with Crippen LogP contribution in [0.5, 0.6) is 11.5 Å². The van der Waals surface area contributed by atoms with Crippen molar-refractivity contribution in [3.8, 4) is 11.5 Å². The van der Waals surface area contributed by atoms with Crippen LogP contribution in [-0.4, -0.2) is 24.8 Å². The SMILES string of the molecule is CC(OC(=O)c1ccc(Br)cc1)C(=O)NCc1ccc2c(c1)OCO2. The Bertz CT molecular complexity index is 791. The quantitative estimate of drug-likeness (QED) is 0.773. The van der Waals surface area contributed by atoms with E-state index in [0.29, 0.717) is 23.6 Å². The predicted octanol–water partition coefficient (Wildman–Crippen LogP) is 3.04. The molecule has 25 heavy (non-hydrogen) atoms. The molecule has 1 amide bonds. The van der Waals surface area contributed by atoms with Crippen molar-refractivity contribution in [2.45, 2.75) is 19.6 Å². The molecule has 0 aliphatic carbocycles. The Morgan fingerprint density at radius 2 is 1.88 bits per heavy atom. The number of carbonyl (C=O) groups is 2. The van der Waals surface area contributed by atoms with Gasteiger partial charge in [0.15, 0.2) is 17.6 Å². The maximum atomic E-state index is 12.1. The van der Waals surface area contributed by atoms with Gasteiger partial charge in [0, 0.05) is 11.0 Å². The molecule has 1 unspecified atom stereocenters. The fraction of sp³-hybridized carbons (Fsp3) is 0.222. The van der Waals surface area contributed by atoms with Gasteiger partial charge in [-0.2, -0.15) is 0 Å². The number of amides is 1. The minimum Gasteiger partial charge on any atom is -0.454 e. The lowest BCUT2D eigenvalue weighted by atomic mass is 10.2. The monoisotopic (exact) mass is 405 g/mol. The predicted molar refractivity (Wildman–Crippen MR) is 93.4 cm³/mol. The van der Waals surface area contributed by atoms with Crippen molar-refractivity contribution in [3.05, 3.63) is 58.1 Å². The summed E-state index contributed by atoms with van der Waals surface area (Å²) >= 11 is 3.30. The molecule has 130 valence electrons. The van der Waals surface area contributed by atoms with E-state index < -0.39 is 12.1 Å². The average molecular weight is 406 g/mol. The zero-order valence-corrected chi connectivity index (χ0v) is 15.0. The van der Waals surface area contributed by atoms with Crippen LogP contribution in [0.2, 0.25) is 0 Å². The third kappa shape index (κ3) is 4.30. The highest BCUT2D eigenvalue weighted by molar-refractivity contribution is 9.10. The first-order chi connectivity index (χ1) is 12.0. The molecule has 7 heteroatoms. The maximum Gasteiger partial charge on any atom is 0.338 e. The summed E-state index contributed by atoms with van der Waals surface area (Å²) in [6.07, 6.45) is -0.898. The van der Waals surface area contributed by atoms with Crippen molar-refractivity contribution in [2.75, 3.05) is 6.79 Å². The van der Waals surface area contributed by atoms with Gasteiger partial charge >= 0.3 is 5.97 Å². The highest BCUT2D eigenvalue weighted by atomic mass is 79.9. The summed E-state index contributed by atoms with van der Waals surface area (Å²) in [6, 6.07) is 12.2. The van der Waals surface area contributed by atoms with Gasteiger partial charge in [-0.15, -0.1) is 0 Å². The van der Waals surface area contributed by atoms with Crippen LogP contribution in [0.25, 0.3) is 0 Å². The summed E-state index contributed by atoms with van der Waals surface area (Å²) in [5.74, 6) is 0.426. The van der Waals surface area contributed by atoms with Crippen LogP contribution in [0, 0.1) is 0 Å². The molecular weight excluding hydrogens is 390 g/mol. The molecule has 0 bridgehead atoms. The number of carbonyl (C=O) groups excluding carboxylic acids is 2. The van der Waals surface area contributed by atoms with Gasteiger partial charge < -0.3 is 19.5 Å². The number of esters is 1. The molecule has 6 nitrogen and oxygen atoms in total. The minimum atomic E-state index is -0.898. The Morgan fingerprint density at radius 3 is 2.64 bits per heavy atom. The van der Waals surface area contributed by atoms with Crippen LogP contribution in [0.3, 0.4) is 0 Å². The van der Waals surface area contributed by atoms with E-state index in [-0.39, 0.29) is 12.7 Å². The zero-order chi connectivity index (χ0) is 17.8. The van der Waals surface area contributed by atoms with Gasteiger partial charge in [-0.1, -0.05) is 22.0 Å². The Labute approximate surface area is 153 Å². The summed E-state index contributed by atoms with van der Waals surface area (Å²) in [7, 11) is 0. The summed E-state index contributed by atoms with van der Waals surface area (Å²) in [4.78, 5) is 24.1. The fourth-order valence-corrected chi connectivity index (χ4v) is 2.52. The van der Waals surface area contributed by atoms with Crippen LogP contribution in [0.1, 0.15) is 22.8 Å². The maximum absolute atomic E-state index is 12.1. The van der Waals surface area contributed by atoms with Crippen molar-refractivity contribution in [3.63, 3.8) is 0 Å². The number of ether oxygens (including phenoxy) is 3. The van der Waals surface area contributed by atoms with Crippen LogP contribution in [-0.2, 0) is 16.1 Å². The molecule has 2 aromatic carbocycles. The number of fused-ring (bicyclic) bond motifs is 1. The van der Waals surface area contributed by atoms with Gasteiger partial charge in [0.1, 0.15) is 0 Å². The van der Waals surface area contributed by atoms with Crippen LogP contribution in [0.4, 0.5) is 0 Å². The number of hydrogen-bond acceptors (Lipinski definition) is 5. The first-order valence-corrected chi connectivity index (χ1v) is 8.45. The molecule has 1 N–H and O–H groups in total. The first-order valence-electron chi connectivity index (χ1n) is 7.66. The van der Waals surface area contributed by atoms with Crippen molar-refractivity contribution >= 4 is 27.8 Å². The first kappa shape index (κ1) is 17.3. The van der Waals surface area contributed by atoms with Gasteiger partial charge in [0.05, 0.1) is 5.56 Å². The van der Waals surface area contributed by atoms with Gasteiger partial charge in [-0.3, -0.25) is 4.79 Å². The van der Waals surface area contributed by atoms with Crippen molar-refractivity contribution in [1.82, 2.24) is 5.32 Å². The Kier molecular flexibility index (Phi) is 5.23. The number of hydrogen-bond donors (Lipinski definition) is 1. The highest BCUT2D eigenvalue weighted by Gasteiger charge is 2.19. The second-order valence-electron chi connectivity index (χ2n) is 5.46. The normalized spacial score (nSPS) is 13.2. The second-order valence-corrected chi connectivity index (χ2v) is 6.38. The number of halogens is 1. The Balaban J connectivity index is 1.52. The van der Waals surface area contributed by atoms with Gasteiger partial charge in [-0.05, 0) is 48.9 Å². The molecule has 0 saturated heterocycles. The fourth-order valence-electron chi connectivity index (χ4n) is 2.25. The number of nitrogens with one attached hydrogen (secondary N) is 1. The van der Waals surface area contributed by atoms with E-state index in [2.05, 4.69) is 21.2 Å². The molecule has 1 aliphatic heterocycles. The van der Waals surface area contributed by atoms with E-state index in [0.717, 1.165) is 10.0 Å². The van der Waals surface area contributed by atoms with Crippen LogP contribution < -0.4 is 14.8 Å². The minimum absolute atomic E-state index is 0.203. The molecule has 1 atom stereocenters. The number of benzene rings is 2. The van der Waals surface area contributed by atoms with E-state index in [9.17, 15) is 9.59 Å². The molecular formula is C18H16BrNO5. The topological polar surface area (TPSA) is 73.9 Å². The van der Waals surface area contributed by atoms with E-state index in [1.807, 2.05) is 6.07 Å². The second kappa shape index (κ2) is 7.57. The van der Waals surface area contributed by atoms with Crippen molar-refractivity contribution in [1.29, 1.82) is 0 Å². The van der Waals surface area contributed by atoms with Crippen LogP contribution >= 0.6 is 15.9 Å². The van der Waals surface area contributed by atoms with E-state index in [1.165, 1.54) is 6.92 Å². The molecule has 0 aromatic heterocycles. The van der Waals surface area contributed by atoms with E-state index >= 15 is 0 Å². The molecule has 1 heterocycles. The standard InChI is InChI=1S/C18H16BrNO5/c1-11(25-18(22)13-3-5-14(19)6-4-13)17(21)20-9-12-2-7-15-16(8-12)24-10-23-15/h2-8,11H,9-10H2,1H3,(H,20,21). The van der Waals surface area contributed by atoms with Crippen molar-refractivity contribution < 1.29 is 23.8 Å². The third-order valence-electron chi connectivity index (χ3n) is 3.64. The lowest BCUT2D eigenvalue weighted by Gasteiger charge is -2.14. The van der Waals surface area contributed by atoms with Gasteiger partial charge in [0.2, 0.25) is 6.79 Å². The molecule has 0 fully saturated rings. The van der Waals surface area contributed by atoms with Gasteiger partial charge in [0.25, 0.3) is 5.91 Å². The van der Waals surface area contributed by atoms with Gasteiger partial charge in [-0.25, -0.2) is 4.79 Å².